The number of carboxylic acids is 1. The number of carboxylic acid groups (broad SMARTS) is 1. The fraction of sp³-hybridized carbons (Fsp3) is 0.273. The van der Waals surface area contributed by atoms with Gasteiger partial charge in [0.05, 0.1) is 5.69 Å². The van der Waals surface area contributed by atoms with Crippen molar-refractivity contribution in [2.45, 2.75) is 19.9 Å². The molecule has 0 bridgehead atoms. The standard InChI is InChI=1S/C11H12N4O2/c1-2-7-15-10(8-5-3-4-6-12-8)9(11(16)17)13-14-15/h3-6H,2,7H2,1H3,(H,16,17). The SMILES string of the molecule is CCCn1nnc(C(=O)O)c1-c1ccccn1. The smallest absolute Gasteiger partial charge is 0.358 e. The van der Waals surface area contributed by atoms with E-state index in [1.807, 2.05) is 6.92 Å². The quantitative estimate of drug-likeness (QED) is 0.862. The van der Waals surface area contributed by atoms with Gasteiger partial charge in [0.2, 0.25) is 0 Å². The first-order chi connectivity index (χ1) is 8.24. The number of aryl methyl sites for hydroxylation is 1. The zero-order valence-electron chi connectivity index (χ0n) is 9.37. The van der Waals surface area contributed by atoms with Crippen LogP contribution in [0.5, 0.6) is 0 Å². The van der Waals surface area contributed by atoms with Crippen molar-refractivity contribution < 1.29 is 9.90 Å². The van der Waals surface area contributed by atoms with E-state index in [2.05, 4.69) is 15.3 Å². The molecule has 0 amide bonds. The van der Waals surface area contributed by atoms with E-state index in [9.17, 15) is 4.79 Å². The molecule has 0 atom stereocenters. The van der Waals surface area contributed by atoms with Crippen LogP contribution in [0, 0.1) is 0 Å². The van der Waals surface area contributed by atoms with Gasteiger partial charge in [0, 0.05) is 12.7 Å². The molecule has 0 saturated heterocycles. The molecule has 2 aromatic heterocycles. The molecule has 0 radical (unpaired) electrons. The first-order valence-electron chi connectivity index (χ1n) is 5.32. The van der Waals surface area contributed by atoms with Gasteiger partial charge in [-0.2, -0.15) is 0 Å². The molecule has 17 heavy (non-hydrogen) atoms. The molecule has 2 heterocycles. The minimum Gasteiger partial charge on any atom is -0.476 e. The largest absolute Gasteiger partial charge is 0.476 e. The molecular weight excluding hydrogens is 220 g/mol. The number of nitrogens with zero attached hydrogens (tertiary/aromatic N) is 4. The summed E-state index contributed by atoms with van der Waals surface area (Å²) in [6, 6.07) is 5.33. The highest BCUT2D eigenvalue weighted by Gasteiger charge is 2.20. The molecule has 0 unspecified atom stereocenters. The van der Waals surface area contributed by atoms with E-state index in [1.165, 1.54) is 0 Å². The normalized spacial score (nSPS) is 10.4. The number of carbonyl (C=O) groups is 1. The monoisotopic (exact) mass is 232 g/mol. The first-order valence-corrected chi connectivity index (χ1v) is 5.32. The second-order valence-electron chi connectivity index (χ2n) is 3.53. The van der Waals surface area contributed by atoms with E-state index in [0.717, 1.165) is 6.42 Å². The Morgan fingerprint density at radius 2 is 2.29 bits per heavy atom. The molecule has 2 rings (SSSR count). The molecule has 0 aliphatic carbocycles. The van der Waals surface area contributed by atoms with Crippen LogP contribution in [0.1, 0.15) is 23.8 Å². The summed E-state index contributed by atoms with van der Waals surface area (Å²) in [5.41, 5.74) is 0.973. The van der Waals surface area contributed by atoms with E-state index >= 15 is 0 Å². The molecule has 0 fully saturated rings. The van der Waals surface area contributed by atoms with E-state index in [4.69, 9.17) is 5.11 Å². The predicted molar refractivity (Wildman–Crippen MR) is 60.5 cm³/mol. The molecule has 0 spiro atoms. The molecule has 1 N–H and O–H groups in total. The number of hydrogen-bond acceptors (Lipinski definition) is 4. The maximum Gasteiger partial charge on any atom is 0.358 e. The zero-order chi connectivity index (χ0) is 12.3. The van der Waals surface area contributed by atoms with Gasteiger partial charge in [0.25, 0.3) is 0 Å². The molecule has 6 nitrogen and oxygen atoms in total. The van der Waals surface area contributed by atoms with Crippen molar-refractivity contribution in [2.24, 2.45) is 0 Å². The lowest BCUT2D eigenvalue weighted by atomic mass is 10.2. The summed E-state index contributed by atoms with van der Waals surface area (Å²) in [4.78, 5) is 15.2. The number of rotatable bonds is 4. The van der Waals surface area contributed by atoms with Gasteiger partial charge in [-0.1, -0.05) is 18.2 Å². The van der Waals surface area contributed by atoms with Crippen molar-refractivity contribution >= 4 is 5.97 Å². The first kappa shape index (κ1) is 11.3. The predicted octanol–water partition coefficient (Wildman–Crippen LogP) is 1.45. The molecular formula is C11H12N4O2. The van der Waals surface area contributed by atoms with E-state index in [-0.39, 0.29) is 5.69 Å². The number of aromatic carboxylic acids is 1. The van der Waals surface area contributed by atoms with Gasteiger partial charge in [-0.3, -0.25) is 4.98 Å². The summed E-state index contributed by atoms with van der Waals surface area (Å²) in [5, 5.41) is 16.6. The van der Waals surface area contributed by atoms with Crippen LogP contribution in [0.2, 0.25) is 0 Å². The highest BCUT2D eigenvalue weighted by molar-refractivity contribution is 5.92. The molecule has 0 aliphatic heterocycles. The number of aromatic nitrogens is 4. The Labute approximate surface area is 97.9 Å². The minimum atomic E-state index is -1.09. The molecule has 88 valence electrons. The topological polar surface area (TPSA) is 80.9 Å². The van der Waals surface area contributed by atoms with Crippen molar-refractivity contribution in [3.63, 3.8) is 0 Å². The average molecular weight is 232 g/mol. The minimum absolute atomic E-state index is 0.0582. The van der Waals surface area contributed by atoms with Gasteiger partial charge < -0.3 is 5.11 Å². The summed E-state index contributed by atoms with van der Waals surface area (Å²) >= 11 is 0. The second-order valence-corrected chi connectivity index (χ2v) is 3.53. The third-order valence-electron chi connectivity index (χ3n) is 2.28. The van der Waals surface area contributed by atoms with E-state index < -0.39 is 5.97 Å². The molecule has 0 aromatic carbocycles. The molecule has 0 saturated carbocycles. The van der Waals surface area contributed by atoms with Crippen LogP contribution >= 0.6 is 0 Å². The van der Waals surface area contributed by atoms with Crippen molar-refractivity contribution in [1.29, 1.82) is 0 Å². The summed E-state index contributed by atoms with van der Waals surface area (Å²) in [5.74, 6) is -1.09. The van der Waals surface area contributed by atoms with Gasteiger partial charge in [-0.15, -0.1) is 5.10 Å². The second kappa shape index (κ2) is 4.73. The Balaban J connectivity index is 2.56. The molecule has 6 heteroatoms. The average Bonchev–Trinajstić information content (AvgIpc) is 2.74. The van der Waals surface area contributed by atoms with Crippen LogP contribution in [-0.4, -0.2) is 31.1 Å². The van der Waals surface area contributed by atoms with E-state index in [0.29, 0.717) is 17.9 Å². The van der Waals surface area contributed by atoms with Crippen LogP contribution < -0.4 is 0 Å². The van der Waals surface area contributed by atoms with Gasteiger partial charge >= 0.3 is 5.97 Å². The molecule has 0 aliphatic rings. The van der Waals surface area contributed by atoms with Gasteiger partial charge in [0.15, 0.2) is 5.69 Å². The summed E-state index contributed by atoms with van der Waals surface area (Å²) in [6.45, 7) is 2.61. The maximum atomic E-state index is 11.1. The fourth-order valence-electron chi connectivity index (χ4n) is 1.58. The highest BCUT2D eigenvalue weighted by atomic mass is 16.4. The Morgan fingerprint density at radius 3 is 2.88 bits per heavy atom. The Morgan fingerprint density at radius 1 is 1.47 bits per heavy atom. The van der Waals surface area contributed by atoms with E-state index in [1.54, 1.807) is 29.1 Å². The van der Waals surface area contributed by atoms with Crippen molar-refractivity contribution in [1.82, 2.24) is 20.0 Å². The van der Waals surface area contributed by atoms with Crippen molar-refractivity contribution in [3.8, 4) is 11.4 Å². The number of hydrogen-bond donors (Lipinski definition) is 1. The lowest BCUT2D eigenvalue weighted by Gasteiger charge is -2.04. The third kappa shape index (κ3) is 2.15. The van der Waals surface area contributed by atoms with Crippen molar-refractivity contribution in [3.05, 3.63) is 30.1 Å². The summed E-state index contributed by atoms with van der Waals surface area (Å²) < 4.78 is 1.58. The number of pyridine rings is 1. The van der Waals surface area contributed by atoms with Gasteiger partial charge in [-0.25, -0.2) is 9.48 Å². The van der Waals surface area contributed by atoms with Gasteiger partial charge in [-0.05, 0) is 18.6 Å². The van der Waals surface area contributed by atoms with Crippen molar-refractivity contribution in [2.75, 3.05) is 0 Å². The Kier molecular flexibility index (Phi) is 3.13. The Hall–Kier alpha value is -2.24. The van der Waals surface area contributed by atoms with Crippen LogP contribution in [0.3, 0.4) is 0 Å². The van der Waals surface area contributed by atoms with Crippen LogP contribution in [0.15, 0.2) is 24.4 Å². The van der Waals surface area contributed by atoms with Gasteiger partial charge in [0.1, 0.15) is 5.69 Å². The molecule has 2 aromatic rings. The maximum absolute atomic E-state index is 11.1. The summed E-state index contributed by atoms with van der Waals surface area (Å²) in [7, 11) is 0. The fourth-order valence-corrected chi connectivity index (χ4v) is 1.58. The zero-order valence-corrected chi connectivity index (χ0v) is 9.37. The lowest BCUT2D eigenvalue weighted by molar-refractivity contribution is 0.0691. The highest BCUT2D eigenvalue weighted by Crippen LogP contribution is 2.19. The van der Waals surface area contributed by atoms with Crippen LogP contribution in [-0.2, 0) is 6.54 Å². The van der Waals surface area contributed by atoms with Crippen LogP contribution in [0.25, 0.3) is 11.4 Å². The summed E-state index contributed by atoms with van der Waals surface area (Å²) in [6.07, 6.45) is 2.46. The third-order valence-corrected chi connectivity index (χ3v) is 2.28. The lowest BCUT2D eigenvalue weighted by Crippen LogP contribution is -2.05. The van der Waals surface area contributed by atoms with Crippen LogP contribution in [0.4, 0.5) is 0 Å². The Bertz CT molecular complexity index is 522.